The van der Waals surface area contributed by atoms with Crippen LogP contribution in [-0.2, 0) is 5.33 Å². The van der Waals surface area contributed by atoms with E-state index in [0.29, 0.717) is 12.0 Å². The van der Waals surface area contributed by atoms with Crippen molar-refractivity contribution in [3.8, 4) is 0 Å². The van der Waals surface area contributed by atoms with E-state index < -0.39 is 0 Å². The van der Waals surface area contributed by atoms with Crippen molar-refractivity contribution in [3.63, 3.8) is 0 Å². The molecule has 0 aliphatic heterocycles. The fourth-order valence-electron chi connectivity index (χ4n) is 1.73. The fraction of sp³-hybridized carbons (Fsp3) is 0.571. The third kappa shape index (κ3) is 3.00. The molecule has 90 valence electrons. The second-order valence-electron chi connectivity index (χ2n) is 4.84. The second-order valence-corrected chi connectivity index (χ2v) is 5.40. The monoisotopic (exact) mass is 283 g/mol. The number of nitrogens with zero attached hydrogens (tertiary/aromatic N) is 1. The van der Waals surface area contributed by atoms with Crippen LogP contribution in [0.25, 0.3) is 0 Å². The number of hydrogen-bond acceptors (Lipinski definition) is 1. The molecule has 0 aliphatic carbocycles. The van der Waals surface area contributed by atoms with Crippen molar-refractivity contribution in [2.45, 2.75) is 39.1 Å². The Morgan fingerprint density at radius 2 is 1.88 bits per heavy atom. The minimum absolute atomic E-state index is 0.564. The van der Waals surface area contributed by atoms with Crippen LogP contribution in [-0.4, -0.2) is 13.1 Å². The van der Waals surface area contributed by atoms with Gasteiger partial charge in [0.25, 0.3) is 0 Å². The lowest BCUT2D eigenvalue weighted by molar-refractivity contribution is 0.505. The molecule has 1 aromatic rings. The lowest BCUT2D eigenvalue weighted by atomic mass is 10.0. The quantitative estimate of drug-likeness (QED) is 0.742. The summed E-state index contributed by atoms with van der Waals surface area (Å²) in [7, 11) is 2.17. The lowest BCUT2D eigenvalue weighted by Gasteiger charge is -2.30. The van der Waals surface area contributed by atoms with Crippen molar-refractivity contribution >= 4 is 21.6 Å². The molecule has 0 saturated carbocycles. The van der Waals surface area contributed by atoms with Gasteiger partial charge in [-0.3, -0.25) is 0 Å². The molecular weight excluding hydrogens is 262 g/mol. The predicted molar refractivity (Wildman–Crippen MR) is 76.5 cm³/mol. The minimum Gasteiger partial charge on any atom is -0.372 e. The summed E-state index contributed by atoms with van der Waals surface area (Å²) in [5.74, 6) is 0.668. The van der Waals surface area contributed by atoms with Crippen LogP contribution in [0.4, 0.5) is 5.69 Å². The molecule has 0 N–H and O–H groups in total. The van der Waals surface area contributed by atoms with Crippen LogP contribution >= 0.6 is 15.9 Å². The van der Waals surface area contributed by atoms with E-state index in [2.05, 4.69) is 73.8 Å². The van der Waals surface area contributed by atoms with E-state index in [9.17, 15) is 0 Å². The Bertz CT molecular complexity index is 347. The van der Waals surface area contributed by atoms with Gasteiger partial charge < -0.3 is 4.90 Å². The van der Waals surface area contributed by atoms with Gasteiger partial charge in [0.05, 0.1) is 0 Å². The average Bonchev–Trinajstić information content (AvgIpc) is 2.26. The zero-order valence-corrected chi connectivity index (χ0v) is 12.5. The standard InChI is InChI=1S/C14H22BrN/c1-10(2)12(4)16(5)14-7-6-13(9-15)11(3)8-14/h6-8,10,12H,9H2,1-5H3. The molecule has 1 aromatic carbocycles. The van der Waals surface area contributed by atoms with Crippen LogP contribution in [0.1, 0.15) is 31.9 Å². The van der Waals surface area contributed by atoms with Gasteiger partial charge in [-0.05, 0) is 43.0 Å². The van der Waals surface area contributed by atoms with E-state index in [0.717, 1.165) is 5.33 Å². The highest BCUT2D eigenvalue weighted by atomic mass is 79.9. The summed E-state index contributed by atoms with van der Waals surface area (Å²) >= 11 is 3.51. The molecule has 0 amide bonds. The number of benzene rings is 1. The average molecular weight is 284 g/mol. The van der Waals surface area contributed by atoms with Crippen LogP contribution < -0.4 is 4.90 Å². The first kappa shape index (κ1) is 13.6. The number of anilines is 1. The molecule has 1 unspecified atom stereocenters. The van der Waals surface area contributed by atoms with Crippen molar-refractivity contribution in [3.05, 3.63) is 29.3 Å². The number of aryl methyl sites for hydroxylation is 1. The van der Waals surface area contributed by atoms with Crippen LogP contribution in [0.2, 0.25) is 0 Å². The van der Waals surface area contributed by atoms with Crippen molar-refractivity contribution in [1.29, 1.82) is 0 Å². The topological polar surface area (TPSA) is 3.24 Å². The van der Waals surface area contributed by atoms with Gasteiger partial charge in [-0.1, -0.05) is 35.8 Å². The van der Waals surface area contributed by atoms with Crippen molar-refractivity contribution in [2.24, 2.45) is 5.92 Å². The molecule has 0 radical (unpaired) electrons. The highest BCUT2D eigenvalue weighted by Crippen LogP contribution is 2.23. The SMILES string of the molecule is Cc1cc(N(C)C(C)C(C)C)ccc1CBr. The predicted octanol–water partition coefficient (Wildman–Crippen LogP) is 4.37. The maximum atomic E-state index is 3.51. The van der Waals surface area contributed by atoms with Crippen LogP contribution in [0.5, 0.6) is 0 Å². The Morgan fingerprint density at radius 3 is 2.31 bits per heavy atom. The molecular formula is C14H22BrN. The molecule has 0 aromatic heterocycles. The van der Waals surface area contributed by atoms with Crippen molar-refractivity contribution in [1.82, 2.24) is 0 Å². The molecule has 1 rings (SSSR count). The molecule has 2 heteroatoms. The zero-order valence-electron chi connectivity index (χ0n) is 10.9. The van der Waals surface area contributed by atoms with Gasteiger partial charge in [0.15, 0.2) is 0 Å². The van der Waals surface area contributed by atoms with E-state index in [1.807, 2.05) is 0 Å². The summed E-state index contributed by atoms with van der Waals surface area (Å²) in [6, 6.07) is 7.26. The highest BCUT2D eigenvalue weighted by molar-refractivity contribution is 9.08. The summed E-state index contributed by atoms with van der Waals surface area (Å²) in [6.07, 6.45) is 0. The van der Waals surface area contributed by atoms with E-state index in [1.54, 1.807) is 0 Å². The van der Waals surface area contributed by atoms with E-state index >= 15 is 0 Å². The van der Waals surface area contributed by atoms with Gasteiger partial charge in [-0.25, -0.2) is 0 Å². The Hall–Kier alpha value is -0.500. The van der Waals surface area contributed by atoms with Gasteiger partial charge in [-0.15, -0.1) is 0 Å². The van der Waals surface area contributed by atoms with Gasteiger partial charge in [-0.2, -0.15) is 0 Å². The smallest absolute Gasteiger partial charge is 0.0368 e. The number of alkyl halides is 1. The van der Waals surface area contributed by atoms with E-state index in [-0.39, 0.29) is 0 Å². The van der Waals surface area contributed by atoms with Gasteiger partial charge >= 0.3 is 0 Å². The highest BCUT2D eigenvalue weighted by Gasteiger charge is 2.13. The van der Waals surface area contributed by atoms with Crippen molar-refractivity contribution < 1.29 is 0 Å². The molecule has 0 bridgehead atoms. The van der Waals surface area contributed by atoms with E-state index in [4.69, 9.17) is 0 Å². The maximum Gasteiger partial charge on any atom is 0.0368 e. The lowest BCUT2D eigenvalue weighted by Crippen LogP contribution is -2.33. The second kappa shape index (κ2) is 5.72. The van der Waals surface area contributed by atoms with Crippen molar-refractivity contribution in [2.75, 3.05) is 11.9 Å². The molecule has 1 atom stereocenters. The Morgan fingerprint density at radius 1 is 1.25 bits per heavy atom. The summed E-state index contributed by atoms with van der Waals surface area (Å²) < 4.78 is 0. The first-order valence-corrected chi connectivity index (χ1v) is 6.97. The third-order valence-corrected chi connectivity index (χ3v) is 4.06. The van der Waals surface area contributed by atoms with Crippen LogP contribution in [0.15, 0.2) is 18.2 Å². The van der Waals surface area contributed by atoms with Gasteiger partial charge in [0, 0.05) is 24.1 Å². The molecule has 0 heterocycles. The van der Waals surface area contributed by atoms with Crippen LogP contribution in [0.3, 0.4) is 0 Å². The first-order valence-electron chi connectivity index (χ1n) is 5.85. The molecule has 16 heavy (non-hydrogen) atoms. The molecule has 0 spiro atoms. The van der Waals surface area contributed by atoms with Gasteiger partial charge in [0.1, 0.15) is 0 Å². The third-order valence-electron chi connectivity index (χ3n) is 3.45. The fourth-order valence-corrected chi connectivity index (χ4v) is 2.36. The van der Waals surface area contributed by atoms with Gasteiger partial charge in [0.2, 0.25) is 0 Å². The summed E-state index contributed by atoms with van der Waals surface area (Å²) in [6.45, 7) is 8.98. The number of hydrogen-bond donors (Lipinski definition) is 0. The number of halogens is 1. The zero-order chi connectivity index (χ0) is 12.3. The van der Waals surface area contributed by atoms with Crippen LogP contribution in [0, 0.1) is 12.8 Å². The Labute approximate surface area is 108 Å². The van der Waals surface area contributed by atoms with E-state index in [1.165, 1.54) is 16.8 Å². The summed E-state index contributed by atoms with van der Waals surface area (Å²) in [4.78, 5) is 2.36. The number of rotatable bonds is 4. The summed E-state index contributed by atoms with van der Waals surface area (Å²) in [5.41, 5.74) is 4.04. The molecule has 0 fully saturated rings. The molecule has 0 saturated heterocycles. The maximum absolute atomic E-state index is 3.51. The largest absolute Gasteiger partial charge is 0.372 e. The Balaban J connectivity index is 2.92. The minimum atomic E-state index is 0.564. The Kier molecular flexibility index (Phi) is 4.85. The first-order chi connectivity index (χ1) is 7.47. The summed E-state index contributed by atoms with van der Waals surface area (Å²) in [5, 5.41) is 0.933. The normalized spacial score (nSPS) is 12.9. The molecule has 1 nitrogen and oxygen atoms in total. The molecule has 0 aliphatic rings.